The van der Waals surface area contributed by atoms with Crippen LogP contribution in [0.25, 0.3) is 16.8 Å². The maximum atomic E-state index is 12.9. The van der Waals surface area contributed by atoms with E-state index in [9.17, 15) is 8.78 Å². The Labute approximate surface area is 168 Å². The van der Waals surface area contributed by atoms with Crippen molar-refractivity contribution in [2.24, 2.45) is 0 Å². The highest BCUT2D eigenvalue weighted by Gasteiger charge is 2.21. The molecule has 1 fully saturated rings. The van der Waals surface area contributed by atoms with Gasteiger partial charge in [-0.05, 0) is 69.6 Å². The normalized spacial score (nSPS) is 17.8. The molecule has 0 radical (unpaired) electrons. The number of aryl methyl sites for hydroxylation is 2. The largest absolute Gasteiger partial charge is 0.434 e. The predicted molar refractivity (Wildman–Crippen MR) is 109 cm³/mol. The molecule has 6 nitrogen and oxygen atoms in total. The minimum Gasteiger partial charge on any atom is -0.434 e. The van der Waals surface area contributed by atoms with Crippen LogP contribution in [0.1, 0.15) is 24.0 Å². The van der Waals surface area contributed by atoms with Gasteiger partial charge in [-0.3, -0.25) is 4.40 Å². The molecule has 3 heterocycles. The minimum atomic E-state index is -2.91. The average Bonchev–Trinajstić information content (AvgIpc) is 3.04. The van der Waals surface area contributed by atoms with Crippen molar-refractivity contribution in [3.05, 3.63) is 41.6 Å². The number of anilines is 1. The van der Waals surface area contributed by atoms with Gasteiger partial charge in [-0.2, -0.15) is 8.78 Å². The van der Waals surface area contributed by atoms with E-state index in [-0.39, 0.29) is 11.8 Å². The van der Waals surface area contributed by atoms with E-state index < -0.39 is 6.61 Å². The Morgan fingerprint density at radius 1 is 1.17 bits per heavy atom. The summed E-state index contributed by atoms with van der Waals surface area (Å²) in [5, 5.41) is 12.3. The number of alkyl halides is 2. The van der Waals surface area contributed by atoms with Gasteiger partial charge in [-0.15, -0.1) is 10.2 Å². The highest BCUT2D eigenvalue weighted by Crippen LogP contribution is 2.34. The lowest BCUT2D eigenvalue weighted by atomic mass is 10.1. The number of hydrogen-bond donors (Lipinski definition) is 1. The number of fused-ring (bicyclic) bond motifs is 1. The van der Waals surface area contributed by atoms with Crippen LogP contribution in [-0.4, -0.2) is 52.3 Å². The van der Waals surface area contributed by atoms with Gasteiger partial charge in [0.1, 0.15) is 11.4 Å². The van der Waals surface area contributed by atoms with E-state index in [0.29, 0.717) is 17.2 Å². The summed E-state index contributed by atoms with van der Waals surface area (Å²) in [4.78, 5) is 2.29. The topological polar surface area (TPSA) is 54.7 Å². The highest BCUT2D eigenvalue weighted by molar-refractivity contribution is 5.82. The molecule has 8 heteroatoms. The molecule has 0 saturated carbocycles. The van der Waals surface area contributed by atoms with Gasteiger partial charge in [-0.25, -0.2) is 0 Å². The van der Waals surface area contributed by atoms with Crippen molar-refractivity contribution in [3.63, 3.8) is 0 Å². The van der Waals surface area contributed by atoms with Gasteiger partial charge in [0.25, 0.3) is 0 Å². The monoisotopic (exact) mass is 401 g/mol. The minimum absolute atomic E-state index is 0.102. The van der Waals surface area contributed by atoms with Crippen molar-refractivity contribution in [3.8, 4) is 17.0 Å². The number of rotatable bonds is 5. The number of halogens is 2. The smallest absolute Gasteiger partial charge is 0.387 e. The Balaban J connectivity index is 1.76. The second-order valence-electron chi connectivity index (χ2n) is 7.77. The summed E-state index contributed by atoms with van der Waals surface area (Å²) >= 11 is 0. The summed E-state index contributed by atoms with van der Waals surface area (Å²) in [7, 11) is 2.11. The molecule has 1 atom stereocenters. The maximum Gasteiger partial charge on any atom is 0.387 e. The molecule has 1 N–H and O–H groups in total. The molecule has 0 aliphatic carbocycles. The third kappa shape index (κ3) is 4.17. The lowest BCUT2D eigenvalue weighted by molar-refractivity contribution is -0.0494. The molecule has 0 amide bonds. The first-order valence-corrected chi connectivity index (χ1v) is 9.77. The molecule has 29 heavy (non-hydrogen) atoms. The third-order valence-electron chi connectivity index (χ3n) is 5.24. The number of likely N-dealkylation sites (tertiary alicyclic amines) is 1. The number of ether oxygens (including phenoxy) is 1. The number of hydrogen-bond acceptors (Lipinski definition) is 5. The molecule has 0 unspecified atom stereocenters. The van der Waals surface area contributed by atoms with Gasteiger partial charge in [-0.1, -0.05) is 6.07 Å². The highest BCUT2D eigenvalue weighted by atomic mass is 19.3. The van der Waals surface area contributed by atoms with Crippen LogP contribution < -0.4 is 10.1 Å². The van der Waals surface area contributed by atoms with Crippen molar-refractivity contribution in [1.29, 1.82) is 0 Å². The number of nitrogens with zero attached hydrogens (tertiary/aromatic N) is 4. The maximum absolute atomic E-state index is 12.9. The Morgan fingerprint density at radius 2 is 2.00 bits per heavy atom. The van der Waals surface area contributed by atoms with Crippen LogP contribution in [0, 0.1) is 13.8 Å². The quantitative estimate of drug-likeness (QED) is 0.697. The Hall–Kier alpha value is -2.74. The van der Waals surface area contributed by atoms with E-state index in [2.05, 4.69) is 27.5 Å². The SMILES string of the molecule is Cc1ccc(-c2nnc(N[C@@H]3CCCN(C)C3)n3cc(C)cc23)c(OC(F)F)c1. The summed E-state index contributed by atoms with van der Waals surface area (Å²) < 4.78 is 32.6. The molecular formula is C21H25F2N5O. The fraction of sp³-hybridized carbons (Fsp3) is 0.429. The van der Waals surface area contributed by atoms with Gasteiger partial charge >= 0.3 is 6.61 Å². The summed E-state index contributed by atoms with van der Waals surface area (Å²) in [6, 6.07) is 7.47. The van der Waals surface area contributed by atoms with Crippen LogP contribution in [0.4, 0.5) is 14.7 Å². The number of piperidine rings is 1. The van der Waals surface area contributed by atoms with Crippen LogP contribution in [0.5, 0.6) is 5.75 Å². The van der Waals surface area contributed by atoms with E-state index in [1.807, 2.05) is 36.6 Å². The van der Waals surface area contributed by atoms with Crippen molar-refractivity contribution in [2.75, 3.05) is 25.5 Å². The van der Waals surface area contributed by atoms with Crippen molar-refractivity contribution in [1.82, 2.24) is 19.5 Å². The first-order chi connectivity index (χ1) is 13.9. The van der Waals surface area contributed by atoms with E-state index in [4.69, 9.17) is 4.74 Å². The lowest BCUT2D eigenvalue weighted by Crippen LogP contribution is -2.40. The zero-order chi connectivity index (χ0) is 20.5. The standard InChI is InChI=1S/C21H25F2N5O/c1-13-6-7-16(18(10-13)29-20(22)23)19-17-9-14(2)11-28(17)21(26-25-19)24-15-5-4-8-27(3)12-15/h6-7,9-11,15,20H,4-5,8,12H2,1-3H3,(H,24,26)/t15-/m1/s1. The molecule has 2 aromatic heterocycles. The molecule has 1 aliphatic heterocycles. The summed E-state index contributed by atoms with van der Waals surface area (Å²) in [5.74, 6) is 0.755. The fourth-order valence-corrected chi connectivity index (χ4v) is 3.93. The van der Waals surface area contributed by atoms with E-state index >= 15 is 0 Å². The average molecular weight is 401 g/mol. The molecule has 3 aromatic rings. The fourth-order valence-electron chi connectivity index (χ4n) is 3.93. The van der Waals surface area contributed by atoms with Crippen LogP contribution in [0.15, 0.2) is 30.5 Å². The van der Waals surface area contributed by atoms with Crippen LogP contribution >= 0.6 is 0 Å². The summed E-state index contributed by atoms with van der Waals surface area (Å²) in [6.07, 6.45) is 4.18. The predicted octanol–water partition coefficient (Wildman–Crippen LogP) is 4.12. The van der Waals surface area contributed by atoms with Crippen LogP contribution in [0.3, 0.4) is 0 Å². The van der Waals surface area contributed by atoms with E-state index in [1.165, 1.54) is 0 Å². The summed E-state index contributed by atoms with van der Waals surface area (Å²) in [6.45, 7) is 2.95. The lowest BCUT2D eigenvalue weighted by Gasteiger charge is -2.30. The Bertz CT molecular complexity index is 1020. The van der Waals surface area contributed by atoms with Crippen molar-refractivity contribution < 1.29 is 13.5 Å². The van der Waals surface area contributed by atoms with Gasteiger partial charge in [0.05, 0.1) is 5.52 Å². The van der Waals surface area contributed by atoms with E-state index in [0.717, 1.165) is 42.6 Å². The van der Waals surface area contributed by atoms with Gasteiger partial charge in [0.15, 0.2) is 0 Å². The third-order valence-corrected chi connectivity index (χ3v) is 5.24. The first kappa shape index (κ1) is 19.6. The molecule has 1 aliphatic rings. The second kappa shape index (κ2) is 7.94. The number of benzene rings is 1. The van der Waals surface area contributed by atoms with Crippen molar-refractivity contribution in [2.45, 2.75) is 39.3 Å². The second-order valence-corrected chi connectivity index (χ2v) is 7.77. The molecule has 1 aromatic carbocycles. The van der Waals surface area contributed by atoms with Crippen LogP contribution in [0.2, 0.25) is 0 Å². The Kier molecular flexibility index (Phi) is 5.36. The molecule has 154 valence electrons. The first-order valence-electron chi connectivity index (χ1n) is 9.77. The Morgan fingerprint density at radius 3 is 2.76 bits per heavy atom. The molecule has 4 rings (SSSR count). The zero-order valence-corrected chi connectivity index (χ0v) is 16.8. The molecule has 0 bridgehead atoms. The molecule has 0 spiro atoms. The number of likely N-dealkylation sites (N-methyl/N-ethyl adjacent to an activating group) is 1. The van der Waals surface area contributed by atoms with Crippen LogP contribution in [-0.2, 0) is 0 Å². The van der Waals surface area contributed by atoms with Crippen molar-refractivity contribution >= 4 is 11.5 Å². The summed E-state index contributed by atoms with van der Waals surface area (Å²) in [5.41, 5.74) is 3.68. The number of nitrogens with one attached hydrogen (secondary N) is 1. The molecular weight excluding hydrogens is 376 g/mol. The van der Waals surface area contributed by atoms with Gasteiger partial charge in [0, 0.05) is 24.3 Å². The van der Waals surface area contributed by atoms with Gasteiger partial charge in [0.2, 0.25) is 5.95 Å². The number of aromatic nitrogens is 3. The van der Waals surface area contributed by atoms with Gasteiger partial charge < -0.3 is 15.0 Å². The zero-order valence-electron chi connectivity index (χ0n) is 16.8. The van der Waals surface area contributed by atoms with E-state index in [1.54, 1.807) is 12.1 Å². The molecule has 1 saturated heterocycles.